The molecule has 0 spiro atoms. The monoisotopic (exact) mass is 584 g/mol. The van der Waals surface area contributed by atoms with Gasteiger partial charge in [0.1, 0.15) is 6.04 Å². The fourth-order valence-electron chi connectivity index (χ4n) is 3.93. The number of para-hydroxylation sites is 1. The molecule has 0 saturated carbocycles. The molecule has 210 valence electrons. The lowest BCUT2D eigenvalue weighted by molar-refractivity contribution is -0.148. The standard InChI is InChI=1S/C29H30Cl2N4O5/c1-17(2)40-29(39)18(3)35(21-8-6-5-7-9-21)28(38)26-23(30)13-20(14-24(26)31)33-27(37)22-12-19(10-11-25(22)32)15-34(4)16-36/h5-14,16-18H,15,32H2,1-4H3,(H,33,37)/t18-/m0/s1. The number of hydrogen-bond donors (Lipinski definition) is 2. The molecule has 0 aliphatic rings. The predicted molar refractivity (Wildman–Crippen MR) is 157 cm³/mol. The van der Waals surface area contributed by atoms with E-state index in [0.717, 1.165) is 0 Å². The van der Waals surface area contributed by atoms with E-state index in [1.54, 1.807) is 76.3 Å². The van der Waals surface area contributed by atoms with Gasteiger partial charge in [-0.1, -0.05) is 47.5 Å². The van der Waals surface area contributed by atoms with Gasteiger partial charge >= 0.3 is 5.97 Å². The van der Waals surface area contributed by atoms with E-state index < -0.39 is 23.8 Å². The molecule has 0 aromatic heterocycles. The summed E-state index contributed by atoms with van der Waals surface area (Å²) in [5.41, 5.74) is 7.77. The molecule has 0 saturated heterocycles. The number of nitrogen functional groups attached to an aromatic ring is 1. The summed E-state index contributed by atoms with van der Waals surface area (Å²) in [6.45, 7) is 5.28. The lowest BCUT2D eigenvalue weighted by Gasteiger charge is -2.29. The maximum atomic E-state index is 13.8. The number of nitrogens with zero attached hydrogens (tertiary/aromatic N) is 2. The van der Waals surface area contributed by atoms with Crippen molar-refractivity contribution < 1.29 is 23.9 Å². The van der Waals surface area contributed by atoms with Gasteiger partial charge in [0.05, 0.1) is 27.3 Å². The van der Waals surface area contributed by atoms with Crippen molar-refractivity contribution in [1.29, 1.82) is 0 Å². The van der Waals surface area contributed by atoms with Gasteiger partial charge in [-0.05, 0) is 62.7 Å². The first kappa shape index (κ1) is 30.5. The van der Waals surface area contributed by atoms with E-state index in [0.29, 0.717) is 24.2 Å². The minimum absolute atomic E-state index is 0.0347. The highest BCUT2D eigenvalue weighted by molar-refractivity contribution is 6.41. The highest BCUT2D eigenvalue weighted by Gasteiger charge is 2.32. The lowest BCUT2D eigenvalue weighted by Crippen LogP contribution is -2.45. The Morgan fingerprint density at radius 1 is 1.00 bits per heavy atom. The molecule has 40 heavy (non-hydrogen) atoms. The van der Waals surface area contributed by atoms with Gasteiger partial charge < -0.3 is 20.7 Å². The Bertz CT molecular complexity index is 1390. The van der Waals surface area contributed by atoms with Gasteiger partial charge in [-0.2, -0.15) is 0 Å². The maximum Gasteiger partial charge on any atom is 0.329 e. The minimum Gasteiger partial charge on any atom is -0.461 e. The summed E-state index contributed by atoms with van der Waals surface area (Å²) in [7, 11) is 1.61. The quantitative estimate of drug-likeness (QED) is 0.187. The molecular formula is C29H30Cl2N4O5. The number of nitrogens with two attached hydrogens (primary N) is 1. The van der Waals surface area contributed by atoms with Crippen LogP contribution in [0.2, 0.25) is 10.0 Å². The van der Waals surface area contributed by atoms with Crippen LogP contribution in [-0.2, 0) is 20.9 Å². The second kappa shape index (κ2) is 13.3. The van der Waals surface area contributed by atoms with Gasteiger partial charge in [-0.15, -0.1) is 0 Å². The molecule has 11 heteroatoms. The Kier molecular flexibility index (Phi) is 10.1. The van der Waals surface area contributed by atoms with Crippen LogP contribution in [0.1, 0.15) is 47.1 Å². The second-order valence-corrected chi connectivity index (χ2v) is 10.2. The van der Waals surface area contributed by atoms with E-state index in [1.165, 1.54) is 21.9 Å². The van der Waals surface area contributed by atoms with Gasteiger partial charge in [0.25, 0.3) is 11.8 Å². The van der Waals surface area contributed by atoms with Crippen molar-refractivity contribution in [2.24, 2.45) is 0 Å². The van der Waals surface area contributed by atoms with Crippen molar-refractivity contribution in [2.45, 2.75) is 39.5 Å². The Labute approximate surface area is 242 Å². The molecule has 9 nitrogen and oxygen atoms in total. The molecular weight excluding hydrogens is 555 g/mol. The van der Waals surface area contributed by atoms with E-state index in [1.807, 2.05) is 0 Å². The number of esters is 1. The molecule has 0 radical (unpaired) electrons. The van der Waals surface area contributed by atoms with Crippen LogP contribution in [-0.4, -0.2) is 48.3 Å². The van der Waals surface area contributed by atoms with E-state index in [2.05, 4.69) is 5.32 Å². The van der Waals surface area contributed by atoms with Gasteiger partial charge in [0.2, 0.25) is 6.41 Å². The van der Waals surface area contributed by atoms with Crippen molar-refractivity contribution >= 4 is 64.5 Å². The number of amides is 3. The first-order valence-electron chi connectivity index (χ1n) is 12.4. The van der Waals surface area contributed by atoms with Gasteiger partial charge in [-0.25, -0.2) is 4.79 Å². The van der Waals surface area contributed by atoms with Gasteiger partial charge in [-0.3, -0.25) is 19.3 Å². The zero-order valence-electron chi connectivity index (χ0n) is 22.5. The molecule has 0 aliphatic heterocycles. The summed E-state index contributed by atoms with van der Waals surface area (Å²) in [6.07, 6.45) is 0.300. The summed E-state index contributed by atoms with van der Waals surface area (Å²) in [5.74, 6) is -1.75. The van der Waals surface area contributed by atoms with Crippen molar-refractivity contribution in [3.8, 4) is 0 Å². The number of rotatable bonds is 10. The zero-order chi connectivity index (χ0) is 29.6. The van der Waals surface area contributed by atoms with Crippen LogP contribution in [0.25, 0.3) is 0 Å². The average Bonchev–Trinajstić information content (AvgIpc) is 2.89. The molecule has 3 aromatic rings. The zero-order valence-corrected chi connectivity index (χ0v) is 24.0. The number of nitrogens with one attached hydrogen (secondary N) is 1. The van der Waals surface area contributed by atoms with E-state index in [-0.39, 0.29) is 38.7 Å². The summed E-state index contributed by atoms with van der Waals surface area (Å²) in [4.78, 5) is 53.2. The number of ether oxygens (including phenoxy) is 1. The summed E-state index contributed by atoms with van der Waals surface area (Å²) >= 11 is 13.1. The SMILES string of the molecule is CC(C)OC(=O)[C@H](C)N(C(=O)c1c(Cl)cc(NC(=O)c2cc(CN(C)C=O)ccc2N)cc1Cl)c1ccccc1. The summed E-state index contributed by atoms with van der Waals surface area (Å²) in [6, 6.07) is 15.3. The number of benzene rings is 3. The number of anilines is 3. The molecule has 3 amide bonds. The number of carbonyl (C=O) groups is 4. The number of halogens is 2. The van der Waals surface area contributed by atoms with Crippen molar-refractivity contribution in [2.75, 3.05) is 23.0 Å². The van der Waals surface area contributed by atoms with Crippen LogP contribution in [0.15, 0.2) is 60.7 Å². The topological polar surface area (TPSA) is 122 Å². The fraction of sp³-hybridized carbons (Fsp3) is 0.241. The number of carbonyl (C=O) groups excluding carboxylic acids is 4. The largest absolute Gasteiger partial charge is 0.461 e. The van der Waals surface area contributed by atoms with Gasteiger partial charge in [0, 0.05) is 30.7 Å². The molecule has 0 bridgehead atoms. The fourth-order valence-corrected chi connectivity index (χ4v) is 4.58. The molecule has 0 unspecified atom stereocenters. The molecule has 0 fully saturated rings. The maximum absolute atomic E-state index is 13.8. The van der Waals surface area contributed by atoms with Crippen LogP contribution in [0.3, 0.4) is 0 Å². The second-order valence-electron chi connectivity index (χ2n) is 9.38. The summed E-state index contributed by atoms with van der Waals surface area (Å²) < 4.78 is 5.34. The molecule has 1 atom stereocenters. The van der Waals surface area contributed by atoms with Crippen molar-refractivity contribution in [1.82, 2.24) is 4.90 Å². The molecule has 0 heterocycles. The highest BCUT2D eigenvalue weighted by Crippen LogP contribution is 2.33. The lowest BCUT2D eigenvalue weighted by atomic mass is 10.1. The summed E-state index contributed by atoms with van der Waals surface area (Å²) in [5, 5.41) is 2.63. The molecule has 3 aromatic carbocycles. The van der Waals surface area contributed by atoms with E-state index in [4.69, 9.17) is 33.7 Å². The molecule has 3 N–H and O–H groups in total. The third-order valence-corrected chi connectivity index (χ3v) is 6.42. The third-order valence-electron chi connectivity index (χ3n) is 5.82. The first-order chi connectivity index (χ1) is 18.9. The highest BCUT2D eigenvalue weighted by atomic mass is 35.5. The molecule has 3 rings (SSSR count). The third kappa shape index (κ3) is 7.31. The van der Waals surface area contributed by atoms with Crippen LogP contribution < -0.4 is 16.0 Å². The van der Waals surface area contributed by atoms with Crippen LogP contribution in [0.4, 0.5) is 17.1 Å². The van der Waals surface area contributed by atoms with E-state index >= 15 is 0 Å². The van der Waals surface area contributed by atoms with Gasteiger partial charge in [0.15, 0.2) is 0 Å². The van der Waals surface area contributed by atoms with E-state index in [9.17, 15) is 19.2 Å². The smallest absolute Gasteiger partial charge is 0.329 e. The first-order valence-corrected chi connectivity index (χ1v) is 13.1. The minimum atomic E-state index is -0.989. The average molecular weight is 585 g/mol. The Morgan fingerprint density at radius 2 is 1.62 bits per heavy atom. The van der Waals surface area contributed by atoms with Crippen LogP contribution in [0.5, 0.6) is 0 Å². The number of hydrogen-bond acceptors (Lipinski definition) is 6. The molecule has 0 aliphatic carbocycles. The normalized spacial score (nSPS) is 11.5. The van der Waals surface area contributed by atoms with Crippen LogP contribution in [0, 0.1) is 0 Å². The Morgan fingerprint density at radius 3 is 2.20 bits per heavy atom. The Hall–Kier alpha value is -4.08. The van der Waals surface area contributed by atoms with Crippen LogP contribution >= 0.6 is 23.2 Å². The predicted octanol–water partition coefficient (Wildman–Crippen LogP) is 5.40. The van der Waals surface area contributed by atoms with Crippen molar-refractivity contribution in [3.63, 3.8) is 0 Å². The Balaban J connectivity index is 1.92. The van der Waals surface area contributed by atoms with Crippen molar-refractivity contribution in [3.05, 3.63) is 87.4 Å².